The van der Waals surface area contributed by atoms with Gasteiger partial charge in [-0.1, -0.05) is 38.1 Å². The molecule has 0 radical (unpaired) electrons. The Morgan fingerprint density at radius 1 is 1.42 bits per heavy atom. The predicted octanol–water partition coefficient (Wildman–Crippen LogP) is 2.13. The highest BCUT2D eigenvalue weighted by atomic mass is 32.2. The van der Waals surface area contributed by atoms with E-state index in [2.05, 4.69) is 48.7 Å². The van der Waals surface area contributed by atoms with Crippen LogP contribution >= 0.6 is 11.8 Å². The summed E-state index contributed by atoms with van der Waals surface area (Å²) in [5, 5.41) is 6.17. The minimum atomic E-state index is -0.00619. The second-order valence-electron chi connectivity index (χ2n) is 5.21. The number of benzene rings is 1. The molecule has 1 fully saturated rings. The molecule has 1 aromatic carbocycles. The lowest BCUT2D eigenvalue weighted by Gasteiger charge is -2.11. The van der Waals surface area contributed by atoms with E-state index in [0.29, 0.717) is 12.5 Å². The second-order valence-corrected chi connectivity index (χ2v) is 6.24. The van der Waals surface area contributed by atoms with Gasteiger partial charge in [-0.05, 0) is 23.5 Å². The Labute approximate surface area is 119 Å². The quantitative estimate of drug-likeness (QED) is 0.867. The molecular formula is C15H22N2OS. The highest BCUT2D eigenvalue weighted by molar-refractivity contribution is 7.99. The summed E-state index contributed by atoms with van der Waals surface area (Å²) in [7, 11) is 0. The van der Waals surface area contributed by atoms with E-state index in [9.17, 15) is 4.79 Å². The van der Waals surface area contributed by atoms with Crippen LogP contribution in [0.5, 0.6) is 0 Å². The maximum atomic E-state index is 11.8. The Hall–Kier alpha value is -1.00. The van der Waals surface area contributed by atoms with E-state index in [4.69, 9.17) is 0 Å². The van der Waals surface area contributed by atoms with Gasteiger partial charge in [0.05, 0.1) is 6.04 Å². The predicted molar refractivity (Wildman–Crippen MR) is 81.5 cm³/mol. The molecule has 0 bridgehead atoms. The number of thioether (sulfide) groups is 1. The van der Waals surface area contributed by atoms with Crippen molar-refractivity contribution in [2.75, 3.05) is 18.2 Å². The van der Waals surface area contributed by atoms with Gasteiger partial charge in [0.25, 0.3) is 0 Å². The molecule has 19 heavy (non-hydrogen) atoms. The molecule has 1 atom stereocenters. The molecule has 1 unspecified atom stereocenters. The SMILES string of the molecule is CC(C)c1ccc(CCNC(=O)C2CSCN2)cc1. The van der Waals surface area contributed by atoms with Gasteiger partial charge >= 0.3 is 0 Å². The van der Waals surface area contributed by atoms with Crippen molar-refractivity contribution in [2.24, 2.45) is 0 Å². The minimum Gasteiger partial charge on any atom is -0.354 e. The third-order valence-electron chi connectivity index (χ3n) is 3.39. The van der Waals surface area contributed by atoms with Gasteiger partial charge in [-0.15, -0.1) is 11.8 Å². The monoisotopic (exact) mass is 278 g/mol. The van der Waals surface area contributed by atoms with Gasteiger partial charge in [-0.2, -0.15) is 0 Å². The zero-order valence-corrected chi connectivity index (χ0v) is 12.4. The molecule has 1 aliphatic heterocycles. The molecule has 0 spiro atoms. The van der Waals surface area contributed by atoms with E-state index in [1.807, 2.05) is 0 Å². The van der Waals surface area contributed by atoms with Crippen LogP contribution in [0.1, 0.15) is 30.9 Å². The van der Waals surface area contributed by atoms with Crippen LogP contribution in [0.25, 0.3) is 0 Å². The van der Waals surface area contributed by atoms with E-state index in [1.165, 1.54) is 11.1 Å². The van der Waals surface area contributed by atoms with Crippen LogP contribution in [-0.2, 0) is 11.2 Å². The lowest BCUT2D eigenvalue weighted by atomic mass is 10.0. The Morgan fingerprint density at radius 2 is 2.16 bits per heavy atom. The Bertz CT molecular complexity index is 411. The molecule has 4 heteroatoms. The molecule has 1 amide bonds. The Balaban J connectivity index is 1.74. The molecule has 104 valence electrons. The summed E-state index contributed by atoms with van der Waals surface area (Å²) < 4.78 is 0. The molecule has 0 aromatic heterocycles. The summed E-state index contributed by atoms with van der Waals surface area (Å²) in [4.78, 5) is 11.8. The van der Waals surface area contributed by atoms with Crippen molar-refractivity contribution >= 4 is 17.7 Å². The summed E-state index contributed by atoms with van der Waals surface area (Å²) in [5.74, 6) is 2.47. The minimum absolute atomic E-state index is 0.00619. The van der Waals surface area contributed by atoms with Crippen molar-refractivity contribution in [3.8, 4) is 0 Å². The zero-order valence-electron chi connectivity index (χ0n) is 11.6. The molecule has 2 rings (SSSR count). The number of nitrogens with one attached hydrogen (secondary N) is 2. The van der Waals surface area contributed by atoms with Gasteiger partial charge in [0.1, 0.15) is 0 Å². The third kappa shape index (κ3) is 4.25. The van der Waals surface area contributed by atoms with Crippen LogP contribution in [0.4, 0.5) is 0 Å². The number of amides is 1. The summed E-state index contributed by atoms with van der Waals surface area (Å²) in [5.41, 5.74) is 2.64. The number of rotatable bonds is 5. The standard InChI is InChI=1S/C15H22N2OS/c1-11(2)13-5-3-12(4-6-13)7-8-16-15(18)14-9-19-10-17-14/h3-6,11,14,17H,7-10H2,1-2H3,(H,16,18). The highest BCUT2D eigenvalue weighted by Gasteiger charge is 2.21. The summed E-state index contributed by atoms with van der Waals surface area (Å²) in [6, 6.07) is 8.66. The van der Waals surface area contributed by atoms with Crippen molar-refractivity contribution in [1.82, 2.24) is 10.6 Å². The van der Waals surface area contributed by atoms with Gasteiger partial charge in [-0.3, -0.25) is 10.1 Å². The zero-order chi connectivity index (χ0) is 13.7. The maximum Gasteiger partial charge on any atom is 0.238 e. The Kier molecular flexibility index (Phi) is 5.28. The van der Waals surface area contributed by atoms with Gasteiger partial charge in [0, 0.05) is 18.2 Å². The largest absolute Gasteiger partial charge is 0.354 e. The van der Waals surface area contributed by atoms with E-state index in [0.717, 1.165) is 18.1 Å². The number of carbonyl (C=O) groups is 1. The molecule has 0 aliphatic carbocycles. The normalized spacial score (nSPS) is 18.8. The topological polar surface area (TPSA) is 41.1 Å². The first-order valence-electron chi connectivity index (χ1n) is 6.84. The summed E-state index contributed by atoms with van der Waals surface area (Å²) >= 11 is 1.77. The average Bonchev–Trinajstić information content (AvgIpc) is 2.93. The molecule has 1 saturated heterocycles. The second kappa shape index (κ2) is 6.96. The average molecular weight is 278 g/mol. The lowest BCUT2D eigenvalue weighted by Crippen LogP contribution is -2.42. The number of hydrogen-bond acceptors (Lipinski definition) is 3. The first-order valence-corrected chi connectivity index (χ1v) is 8.00. The fraction of sp³-hybridized carbons (Fsp3) is 0.533. The summed E-state index contributed by atoms with van der Waals surface area (Å²) in [6.45, 7) is 5.10. The van der Waals surface area contributed by atoms with Crippen molar-refractivity contribution in [2.45, 2.75) is 32.2 Å². The van der Waals surface area contributed by atoms with Crippen LogP contribution in [0.15, 0.2) is 24.3 Å². The van der Waals surface area contributed by atoms with Crippen molar-refractivity contribution in [3.63, 3.8) is 0 Å². The van der Waals surface area contributed by atoms with Gasteiger partial charge in [0.2, 0.25) is 5.91 Å². The van der Waals surface area contributed by atoms with E-state index < -0.39 is 0 Å². The first kappa shape index (κ1) is 14.4. The molecule has 0 saturated carbocycles. The first-order chi connectivity index (χ1) is 9.16. The van der Waals surface area contributed by atoms with Crippen molar-refractivity contribution < 1.29 is 4.79 Å². The highest BCUT2D eigenvalue weighted by Crippen LogP contribution is 2.14. The fourth-order valence-electron chi connectivity index (χ4n) is 2.09. The van der Waals surface area contributed by atoms with Gasteiger partial charge in [-0.25, -0.2) is 0 Å². The molecule has 1 aliphatic rings. The number of carbonyl (C=O) groups excluding carboxylic acids is 1. The van der Waals surface area contributed by atoms with Crippen molar-refractivity contribution in [3.05, 3.63) is 35.4 Å². The molecule has 1 aromatic rings. The molecule has 2 N–H and O–H groups in total. The molecule has 1 heterocycles. The third-order valence-corrected chi connectivity index (χ3v) is 4.33. The lowest BCUT2D eigenvalue weighted by molar-refractivity contribution is -0.122. The Morgan fingerprint density at radius 3 is 2.74 bits per heavy atom. The van der Waals surface area contributed by atoms with Crippen molar-refractivity contribution in [1.29, 1.82) is 0 Å². The molecule has 3 nitrogen and oxygen atoms in total. The maximum absolute atomic E-state index is 11.8. The van der Waals surface area contributed by atoms with E-state index >= 15 is 0 Å². The van der Waals surface area contributed by atoms with Crippen LogP contribution in [-0.4, -0.2) is 30.1 Å². The smallest absolute Gasteiger partial charge is 0.238 e. The van der Waals surface area contributed by atoms with Gasteiger partial charge < -0.3 is 5.32 Å². The fourth-order valence-corrected chi connectivity index (χ4v) is 3.03. The van der Waals surface area contributed by atoms with Crippen LogP contribution in [0.2, 0.25) is 0 Å². The molecular weight excluding hydrogens is 256 g/mol. The van der Waals surface area contributed by atoms with Gasteiger partial charge in [0.15, 0.2) is 0 Å². The number of hydrogen-bond donors (Lipinski definition) is 2. The van der Waals surface area contributed by atoms with Crippen LogP contribution < -0.4 is 10.6 Å². The van der Waals surface area contributed by atoms with E-state index in [1.54, 1.807) is 11.8 Å². The summed E-state index contributed by atoms with van der Waals surface area (Å²) in [6.07, 6.45) is 0.893. The van der Waals surface area contributed by atoms with E-state index in [-0.39, 0.29) is 11.9 Å². The van der Waals surface area contributed by atoms with Crippen LogP contribution in [0, 0.1) is 0 Å². The van der Waals surface area contributed by atoms with Crippen LogP contribution in [0.3, 0.4) is 0 Å².